The molecule has 0 saturated heterocycles. The van der Waals surface area contributed by atoms with Crippen molar-refractivity contribution in [3.63, 3.8) is 0 Å². The Morgan fingerprint density at radius 2 is 2.00 bits per heavy atom. The lowest BCUT2D eigenvalue weighted by Gasteiger charge is -2.29. The standard InChI is InChI=1S/C23H27N5O4/c1-3-26(4-2)10-9-21(29)27-11-8-18-19(14-27)24-15-25-22(18)32-17-5-6-20-16(13-17)7-12-28(20)23(30)31/h5-7,12-13,15H,3-4,8-11,14H2,1-2H3,(H,30,31). The molecule has 4 rings (SSSR count). The lowest BCUT2D eigenvalue weighted by Crippen LogP contribution is -2.38. The number of carbonyl (C=O) groups is 2. The van der Waals surface area contributed by atoms with Crippen molar-refractivity contribution in [1.82, 2.24) is 24.3 Å². The van der Waals surface area contributed by atoms with Crippen LogP contribution in [0, 0.1) is 0 Å². The summed E-state index contributed by atoms with van der Waals surface area (Å²) < 4.78 is 7.20. The first-order valence-electron chi connectivity index (χ1n) is 10.8. The van der Waals surface area contributed by atoms with Crippen LogP contribution in [-0.4, -0.2) is 67.6 Å². The van der Waals surface area contributed by atoms with Gasteiger partial charge in [0.1, 0.15) is 12.1 Å². The minimum Gasteiger partial charge on any atom is -0.464 e. The molecule has 0 bridgehead atoms. The molecule has 3 heterocycles. The van der Waals surface area contributed by atoms with Crippen LogP contribution in [0.15, 0.2) is 36.8 Å². The highest BCUT2D eigenvalue weighted by molar-refractivity contribution is 5.89. The van der Waals surface area contributed by atoms with Crippen molar-refractivity contribution in [3.05, 3.63) is 48.0 Å². The van der Waals surface area contributed by atoms with Gasteiger partial charge in [-0.3, -0.25) is 9.36 Å². The topological polar surface area (TPSA) is 101 Å². The van der Waals surface area contributed by atoms with Crippen molar-refractivity contribution in [3.8, 4) is 11.6 Å². The smallest absolute Gasteiger partial charge is 0.415 e. The minimum atomic E-state index is -1.03. The third kappa shape index (κ3) is 4.43. The Morgan fingerprint density at radius 3 is 2.75 bits per heavy atom. The Bertz CT molecular complexity index is 1140. The van der Waals surface area contributed by atoms with E-state index in [0.717, 1.165) is 40.8 Å². The molecule has 1 aliphatic heterocycles. The van der Waals surface area contributed by atoms with E-state index in [9.17, 15) is 14.7 Å². The third-order valence-corrected chi connectivity index (χ3v) is 5.94. The van der Waals surface area contributed by atoms with Crippen LogP contribution in [0.1, 0.15) is 31.5 Å². The van der Waals surface area contributed by atoms with E-state index in [4.69, 9.17) is 4.74 Å². The van der Waals surface area contributed by atoms with Crippen molar-refractivity contribution in [2.45, 2.75) is 33.2 Å². The molecule has 1 aliphatic rings. The van der Waals surface area contributed by atoms with E-state index in [-0.39, 0.29) is 5.91 Å². The zero-order chi connectivity index (χ0) is 22.7. The molecular weight excluding hydrogens is 410 g/mol. The Morgan fingerprint density at radius 1 is 1.19 bits per heavy atom. The second-order valence-corrected chi connectivity index (χ2v) is 7.74. The molecule has 9 nitrogen and oxygen atoms in total. The summed E-state index contributed by atoms with van der Waals surface area (Å²) in [5, 5.41) is 10.0. The number of aromatic nitrogens is 3. The second-order valence-electron chi connectivity index (χ2n) is 7.74. The molecule has 0 radical (unpaired) electrons. The quantitative estimate of drug-likeness (QED) is 0.605. The van der Waals surface area contributed by atoms with Gasteiger partial charge in [0.05, 0.1) is 17.8 Å². The van der Waals surface area contributed by atoms with Gasteiger partial charge in [-0.05, 0) is 43.8 Å². The van der Waals surface area contributed by atoms with Crippen LogP contribution in [0.4, 0.5) is 4.79 Å². The second kappa shape index (κ2) is 9.35. The molecule has 0 unspecified atom stereocenters. The highest BCUT2D eigenvalue weighted by atomic mass is 16.5. The zero-order valence-corrected chi connectivity index (χ0v) is 18.3. The molecule has 0 spiro atoms. The fraction of sp³-hybridized carbons (Fsp3) is 0.391. The number of carbonyl (C=O) groups excluding carboxylic acids is 1. The first-order chi connectivity index (χ1) is 15.5. The first kappa shape index (κ1) is 21.8. The molecule has 0 aliphatic carbocycles. The van der Waals surface area contributed by atoms with E-state index in [1.54, 1.807) is 24.3 Å². The minimum absolute atomic E-state index is 0.136. The van der Waals surface area contributed by atoms with Crippen molar-refractivity contribution in [2.24, 2.45) is 0 Å². The van der Waals surface area contributed by atoms with Gasteiger partial charge in [0.2, 0.25) is 11.8 Å². The van der Waals surface area contributed by atoms with E-state index < -0.39 is 6.09 Å². The zero-order valence-electron chi connectivity index (χ0n) is 18.3. The summed E-state index contributed by atoms with van der Waals surface area (Å²) in [6.07, 6.45) is 3.06. The number of nitrogens with zero attached hydrogens (tertiary/aromatic N) is 5. The predicted molar refractivity (Wildman–Crippen MR) is 119 cm³/mol. The first-order valence-corrected chi connectivity index (χ1v) is 10.8. The Balaban J connectivity index is 1.47. The summed E-state index contributed by atoms with van der Waals surface area (Å²) in [6, 6.07) is 6.95. The van der Waals surface area contributed by atoms with Crippen molar-refractivity contribution in [2.75, 3.05) is 26.2 Å². The summed E-state index contributed by atoms with van der Waals surface area (Å²) in [5.41, 5.74) is 2.30. The average molecular weight is 438 g/mol. The van der Waals surface area contributed by atoms with Crippen LogP contribution < -0.4 is 4.74 Å². The van der Waals surface area contributed by atoms with Gasteiger partial charge >= 0.3 is 6.09 Å². The highest BCUT2D eigenvalue weighted by Crippen LogP contribution is 2.30. The summed E-state index contributed by atoms with van der Waals surface area (Å²) in [5.74, 6) is 1.18. The molecule has 1 amide bonds. The monoisotopic (exact) mass is 437 g/mol. The summed E-state index contributed by atoms with van der Waals surface area (Å²) in [7, 11) is 0. The van der Waals surface area contributed by atoms with Gasteiger partial charge in [-0.2, -0.15) is 0 Å². The van der Waals surface area contributed by atoms with Gasteiger partial charge in [-0.15, -0.1) is 0 Å². The molecule has 0 fully saturated rings. The van der Waals surface area contributed by atoms with E-state index in [1.807, 2.05) is 4.90 Å². The van der Waals surface area contributed by atoms with Crippen molar-refractivity contribution >= 4 is 22.9 Å². The maximum Gasteiger partial charge on any atom is 0.415 e. The number of benzene rings is 1. The number of hydrogen-bond acceptors (Lipinski definition) is 6. The van der Waals surface area contributed by atoms with Crippen molar-refractivity contribution in [1.29, 1.82) is 0 Å². The van der Waals surface area contributed by atoms with Crippen LogP contribution in [0.25, 0.3) is 10.9 Å². The molecule has 2 aromatic heterocycles. The van der Waals surface area contributed by atoms with Gasteiger partial charge in [0, 0.05) is 36.7 Å². The van der Waals surface area contributed by atoms with E-state index in [1.165, 1.54) is 12.5 Å². The van der Waals surface area contributed by atoms with Gasteiger partial charge in [0.25, 0.3) is 0 Å². The lowest BCUT2D eigenvalue weighted by molar-refractivity contribution is -0.132. The van der Waals surface area contributed by atoms with E-state index in [0.29, 0.717) is 43.1 Å². The van der Waals surface area contributed by atoms with Crippen LogP contribution in [0.5, 0.6) is 11.6 Å². The summed E-state index contributed by atoms with van der Waals surface area (Å²) >= 11 is 0. The summed E-state index contributed by atoms with van der Waals surface area (Å²) in [6.45, 7) is 7.90. The SMILES string of the molecule is CCN(CC)CCC(=O)N1CCc2c(ncnc2Oc2ccc3c(ccn3C(=O)O)c2)C1. The molecule has 9 heteroatoms. The average Bonchev–Trinajstić information content (AvgIpc) is 3.23. The molecule has 0 atom stereocenters. The third-order valence-electron chi connectivity index (χ3n) is 5.94. The van der Waals surface area contributed by atoms with Gasteiger partial charge in [-0.1, -0.05) is 13.8 Å². The van der Waals surface area contributed by atoms with Gasteiger partial charge in [-0.25, -0.2) is 14.8 Å². The number of ether oxygens (including phenoxy) is 1. The van der Waals surface area contributed by atoms with Gasteiger partial charge in [0.15, 0.2) is 0 Å². The van der Waals surface area contributed by atoms with Crippen LogP contribution in [0.3, 0.4) is 0 Å². The maximum atomic E-state index is 12.7. The maximum absolute atomic E-state index is 12.7. The van der Waals surface area contributed by atoms with Crippen molar-refractivity contribution < 1.29 is 19.4 Å². The van der Waals surface area contributed by atoms with E-state index in [2.05, 4.69) is 28.7 Å². The number of amides is 1. The van der Waals surface area contributed by atoms with Crippen LogP contribution in [0.2, 0.25) is 0 Å². The molecular formula is C23H27N5O4. The normalized spacial score (nSPS) is 13.4. The molecule has 1 N–H and O–H groups in total. The van der Waals surface area contributed by atoms with E-state index >= 15 is 0 Å². The highest BCUT2D eigenvalue weighted by Gasteiger charge is 2.25. The fourth-order valence-electron chi connectivity index (χ4n) is 4.04. The molecule has 32 heavy (non-hydrogen) atoms. The predicted octanol–water partition coefficient (Wildman–Crippen LogP) is 3.37. The van der Waals surface area contributed by atoms with Crippen LogP contribution in [-0.2, 0) is 17.8 Å². The molecule has 3 aromatic rings. The number of carboxylic acid groups (broad SMARTS) is 1. The Kier molecular flexibility index (Phi) is 6.36. The molecule has 0 saturated carbocycles. The molecule has 168 valence electrons. The number of hydrogen-bond donors (Lipinski definition) is 1. The Labute approximate surface area is 186 Å². The largest absolute Gasteiger partial charge is 0.464 e. The molecule has 1 aromatic carbocycles. The van der Waals surface area contributed by atoms with Gasteiger partial charge < -0.3 is 19.6 Å². The number of rotatable bonds is 7. The van der Waals surface area contributed by atoms with Crippen LogP contribution >= 0.6 is 0 Å². The lowest BCUT2D eigenvalue weighted by atomic mass is 10.1. The Hall–Kier alpha value is -3.46. The summed E-state index contributed by atoms with van der Waals surface area (Å²) in [4.78, 5) is 36.7. The number of fused-ring (bicyclic) bond motifs is 2. The fourth-order valence-corrected chi connectivity index (χ4v) is 4.04.